The van der Waals surface area contributed by atoms with Gasteiger partial charge in [0, 0.05) is 17.1 Å². The summed E-state index contributed by atoms with van der Waals surface area (Å²) in [5.41, 5.74) is 9.80. The lowest BCUT2D eigenvalue weighted by Crippen LogP contribution is -2.00. The second kappa shape index (κ2) is 7.39. The molecule has 0 aliphatic carbocycles. The molecule has 1 aliphatic heterocycles. The maximum atomic E-state index is 12.2. The maximum absolute atomic E-state index is 12.2. The van der Waals surface area contributed by atoms with Crippen molar-refractivity contribution in [1.29, 1.82) is 0 Å². The number of cyclic esters (lactones) is 1. The molecule has 2 aromatic carbocycles. The predicted octanol–water partition coefficient (Wildman–Crippen LogP) is 2.38. The molecule has 2 N–H and O–H groups in total. The van der Waals surface area contributed by atoms with Gasteiger partial charge >= 0.3 is 5.97 Å². The molecule has 0 spiro atoms. The highest BCUT2D eigenvalue weighted by Gasteiger charge is 2.27. The lowest BCUT2D eigenvalue weighted by molar-refractivity contribution is -0.133. The Labute approximate surface area is 152 Å². The Bertz CT molecular complexity index is 925. The maximum Gasteiger partial charge on any atom is 0.339 e. The number of ether oxygens (including phenoxy) is 1. The molecule has 1 aliphatic rings. The average molecular weight is 378 g/mol. The number of hydrogen-bond acceptors (Lipinski definition) is 5. The Balaban J connectivity index is 2.04. The van der Waals surface area contributed by atoms with E-state index >= 15 is 0 Å². The molecule has 7 heteroatoms. The fraction of sp³-hybridized carbons (Fsp3) is 0.167. The number of halogens is 1. The number of carbonyl (C=O) groups excluding carboxylic acids is 1. The first-order valence-electron chi connectivity index (χ1n) is 7.60. The second-order valence-corrected chi connectivity index (χ2v) is 7.02. The quantitative estimate of drug-likeness (QED) is 0.617. The molecule has 0 amide bonds. The van der Waals surface area contributed by atoms with E-state index in [4.69, 9.17) is 22.1 Å². The van der Waals surface area contributed by atoms with E-state index in [1.807, 2.05) is 24.3 Å². The van der Waals surface area contributed by atoms with Gasteiger partial charge in [-0.25, -0.2) is 13.2 Å². The molecule has 0 radical (unpaired) electrons. The van der Waals surface area contributed by atoms with Crippen molar-refractivity contribution >= 4 is 39.4 Å². The molecule has 0 aromatic heterocycles. The summed E-state index contributed by atoms with van der Waals surface area (Å²) in [5.74, 6) is -0.505. The zero-order valence-electron chi connectivity index (χ0n) is 13.2. The first-order chi connectivity index (χ1) is 12.0. The van der Waals surface area contributed by atoms with Crippen molar-refractivity contribution in [3.8, 4) is 0 Å². The van der Waals surface area contributed by atoms with Gasteiger partial charge in [-0.3, -0.25) is 0 Å². The Morgan fingerprint density at radius 2 is 1.76 bits per heavy atom. The summed E-state index contributed by atoms with van der Waals surface area (Å²) in [5, 5.41) is 0.348. The van der Waals surface area contributed by atoms with E-state index in [0.29, 0.717) is 22.7 Å². The summed E-state index contributed by atoms with van der Waals surface area (Å²) in [6, 6.07) is 12.5. The van der Waals surface area contributed by atoms with E-state index in [1.54, 1.807) is 18.2 Å². The summed E-state index contributed by atoms with van der Waals surface area (Å²) in [6.07, 6.45) is 0. The lowest BCUT2D eigenvalue weighted by atomic mass is 9.95. The van der Waals surface area contributed by atoms with E-state index in [-0.39, 0.29) is 12.4 Å². The third-order valence-corrected chi connectivity index (χ3v) is 4.98. The molecule has 0 fully saturated rings. The van der Waals surface area contributed by atoms with Crippen molar-refractivity contribution < 1.29 is 17.9 Å². The van der Waals surface area contributed by atoms with E-state index in [9.17, 15) is 13.2 Å². The first kappa shape index (κ1) is 17.7. The minimum absolute atomic E-state index is 0.115. The van der Waals surface area contributed by atoms with Gasteiger partial charge in [-0.1, -0.05) is 48.0 Å². The van der Waals surface area contributed by atoms with Gasteiger partial charge in [0.1, 0.15) is 17.3 Å². The number of carbonyl (C=O) groups is 1. The molecule has 130 valence electrons. The molecule has 5 nitrogen and oxygen atoms in total. The highest BCUT2D eigenvalue weighted by atomic mass is 35.5. The molecule has 0 atom stereocenters. The highest BCUT2D eigenvalue weighted by Crippen LogP contribution is 2.34. The number of thiol groups is 1. The van der Waals surface area contributed by atoms with E-state index in [1.165, 1.54) is 0 Å². The molecule has 1 heterocycles. The SMILES string of the molecule is NCc1ccc(C2=C(c3ccc(C[SH](=O)=O)c(Cl)c3)COC2=O)cc1. The number of esters is 1. The number of rotatable bonds is 5. The summed E-state index contributed by atoms with van der Waals surface area (Å²) >= 11 is 6.19. The van der Waals surface area contributed by atoms with Crippen LogP contribution < -0.4 is 5.73 Å². The molecule has 0 unspecified atom stereocenters. The topological polar surface area (TPSA) is 86.5 Å². The summed E-state index contributed by atoms with van der Waals surface area (Å²) in [6.45, 7) is 0.577. The fourth-order valence-electron chi connectivity index (χ4n) is 2.73. The minimum Gasteiger partial charge on any atom is -0.457 e. The van der Waals surface area contributed by atoms with Gasteiger partial charge in [-0.2, -0.15) is 0 Å². The van der Waals surface area contributed by atoms with Crippen LogP contribution in [0, 0.1) is 0 Å². The molecule has 0 saturated heterocycles. The van der Waals surface area contributed by atoms with Crippen molar-refractivity contribution in [3.63, 3.8) is 0 Å². The smallest absolute Gasteiger partial charge is 0.339 e. The molecule has 0 bridgehead atoms. The summed E-state index contributed by atoms with van der Waals surface area (Å²) in [7, 11) is -2.56. The van der Waals surface area contributed by atoms with Crippen molar-refractivity contribution in [2.75, 3.05) is 6.61 Å². The molecule has 2 aromatic rings. The minimum atomic E-state index is -2.56. The van der Waals surface area contributed by atoms with Gasteiger partial charge in [-0.05, 0) is 28.3 Å². The zero-order valence-corrected chi connectivity index (χ0v) is 14.8. The number of hydrogen-bond donors (Lipinski definition) is 2. The Kier molecular flexibility index (Phi) is 5.22. The van der Waals surface area contributed by atoms with Crippen LogP contribution >= 0.6 is 11.6 Å². The molecular formula is C18H16ClNO4S. The van der Waals surface area contributed by atoms with E-state index < -0.39 is 16.7 Å². The van der Waals surface area contributed by atoms with E-state index in [0.717, 1.165) is 22.3 Å². The molecule has 25 heavy (non-hydrogen) atoms. The van der Waals surface area contributed by atoms with Crippen LogP contribution in [-0.4, -0.2) is 21.0 Å². The van der Waals surface area contributed by atoms with Gasteiger partial charge in [0.15, 0.2) is 0 Å². The van der Waals surface area contributed by atoms with Crippen molar-refractivity contribution in [2.24, 2.45) is 5.73 Å². The van der Waals surface area contributed by atoms with Crippen LogP contribution in [0.5, 0.6) is 0 Å². The molecule has 0 saturated carbocycles. The zero-order chi connectivity index (χ0) is 18.0. The average Bonchev–Trinajstić information content (AvgIpc) is 2.98. The van der Waals surface area contributed by atoms with Crippen LogP contribution in [0.2, 0.25) is 5.02 Å². The number of nitrogens with two attached hydrogens (primary N) is 1. The molecule has 3 rings (SSSR count). The fourth-order valence-corrected chi connectivity index (χ4v) is 3.63. The van der Waals surface area contributed by atoms with Crippen LogP contribution in [-0.2, 0) is 32.5 Å². The summed E-state index contributed by atoms with van der Waals surface area (Å²) in [4.78, 5) is 12.2. The normalized spacial score (nSPS) is 14.3. The predicted molar refractivity (Wildman–Crippen MR) is 97.6 cm³/mol. The first-order valence-corrected chi connectivity index (χ1v) is 9.34. The standard InChI is InChI=1S/C18H16ClNO4S/c19-16-7-13(5-6-14(16)10-25(22)23)15-9-24-18(21)17(15)12-3-1-11(8-20)2-4-12/h1-7,25H,8-10,20H2. The Hall–Kier alpha value is -2.15. The number of benzene rings is 2. The Morgan fingerprint density at radius 3 is 2.36 bits per heavy atom. The van der Waals surface area contributed by atoms with Gasteiger partial charge in [-0.15, -0.1) is 0 Å². The van der Waals surface area contributed by atoms with Crippen molar-refractivity contribution in [3.05, 3.63) is 69.7 Å². The van der Waals surface area contributed by atoms with Crippen molar-refractivity contribution in [2.45, 2.75) is 12.3 Å². The van der Waals surface area contributed by atoms with Crippen LogP contribution in [0.4, 0.5) is 0 Å². The van der Waals surface area contributed by atoms with Gasteiger partial charge in [0.25, 0.3) is 0 Å². The van der Waals surface area contributed by atoms with Crippen LogP contribution in [0.3, 0.4) is 0 Å². The summed E-state index contributed by atoms with van der Waals surface area (Å²) < 4.78 is 27.0. The van der Waals surface area contributed by atoms with Gasteiger partial charge in [0.2, 0.25) is 0 Å². The van der Waals surface area contributed by atoms with E-state index in [2.05, 4.69) is 0 Å². The Morgan fingerprint density at radius 1 is 1.08 bits per heavy atom. The van der Waals surface area contributed by atoms with Gasteiger partial charge in [0.05, 0.1) is 11.3 Å². The second-order valence-electron chi connectivity index (χ2n) is 5.63. The lowest BCUT2D eigenvalue weighted by Gasteiger charge is -2.08. The van der Waals surface area contributed by atoms with Crippen LogP contribution in [0.25, 0.3) is 11.1 Å². The monoisotopic (exact) mass is 377 g/mol. The highest BCUT2D eigenvalue weighted by molar-refractivity contribution is 7.71. The molecular weight excluding hydrogens is 362 g/mol. The van der Waals surface area contributed by atoms with Crippen molar-refractivity contribution in [1.82, 2.24) is 0 Å². The third-order valence-electron chi connectivity index (χ3n) is 4.03. The van der Waals surface area contributed by atoms with Crippen LogP contribution in [0.1, 0.15) is 22.3 Å². The van der Waals surface area contributed by atoms with Gasteiger partial charge < -0.3 is 10.5 Å². The van der Waals surface area contributed by atoms with Crippen LogP contribution in [0.15, 0.2) is 42.5 Å². The third kappa shape index (κ3) is 3.76. The largest absolute Gasteiger partial charge is 0.457 e.